The minimum Gasteiger partial charge on any atom is -0.535 e. The molecule has 0 aliphatic heterocycles. The number of hydrogen-bond acceptors (Lipinski definition) is 3. The van der Waals surface area contributed by atoms with Gasteiger partial charge in [0.15, 0.2) is 5.75 Å². The fraction of sp³-hybridized carbons (Fsp3) is 0.250. The average molecular weight is 219 g/mol. The normalized spacial score (nSPS) is 11.0. The van der Waals surface area contributed by atoms with Crippen molar-refractivity contribution < 1.29 is 27.6 Å². The molecule has 0 aliphatic rings. The molecule has 0 amide bonds. The highest BCUT2D eigenvalue weighted by molar-refractivity contribution is 6.17. The van der Waals surface area contributed by atoms with E-state index in [4.69, 9.17) is 5.02 Å². The van der Waals surface area contributed by atoms with Gasteiger partial charge in [-0.2, -0.15) is 13.2 Å². The van der Waals surface area contributed by atoms with E-state index in [0.29, 0.717) is 7.69 Å². The molecular formula is C8H7BF3O3. The van der Waals surface area contributed by atoms with Crippen molar-refractivity contribution in [1.29, 1.82) is 0 Å². The lowest BCUT2D eigenvalue weighted by atomic mass is 10.2. The summed E-state index contributed by atoms with van der Waals surface area (Å²) in [5.41, 5.74) is -0.843. The van der Waals surface area contributed by atoms with Crippen molar-refractivity contribution in [2.24, 2.45) is 0 Å². The van der Waals surface area contributed by atoms with Gasteiger partial charge in [-0.25, -0.2) is 0 Å². The summed E-state index contributed by atoms with van der Waals surface area (Å²) >= 11 is 0. The molecule has 7 heteroatoms. The van der Waals surface area contributed by atoms with Gasteiger partial charge >= 0.3 is 13.9 Å². The van der Waals surface area contributed by atoms with Crippen LogP contribution in [0, 0.1) is 0 Å². The molecule has 1 radical (unpaired) electrons. The van der Waals surface area contributed by atoms with Crippen molar-refractivity contribution in [1.82, 2.24) is 0 Å². The van der Waals surface area contributed by atoms with Gasteiger partial charge in [-0.1, -0.05) is 0 Å². The molecule has 15 heavy (non-hydrogen) atoms. The molecular weight excluding hydrogens is 212 g/mol. The van der Waals surface area contributed by atoms with Gasteiger partial charge in [0.05, 0.1) is 12.7 Å². The first-order chi connectivity index (χ1) is 6.99. The van der Waals surface area contributed by atoms with Crippen LogP contribution in [0.5, 0.6) is 11.5 Å². The van der Waals surface area contributed by atoms with E-state index in [-0.39, 0.29) is 11.5 Å². The van der Waals surface area contributed by atoms with Gasteiger partial charge in [0.1, 0.15) is 5.75 Å². The highest BCUT2D eigenvalue weighted by Gasteiger charge is 2.31. The summed E-state index contributed by atoms with van der Waals surface area (Å²) in [5.74, 6) is -0.0943. The van der Waals surface area contributed by atoms with Crippen molar-refractivity contribution in [3.05, 3.63) is 23.8 Å². The van der Waals surface area contributed by atoms with Gasteiger partial charge in [0.2, 0.25) is 0 Å². The lowest BCUT2D eigenvalue weighted by Gasteiger charge is -2.12. The maximum atomic E-state index is 12.3. The van der Waals surface area contributed by atoms with E-state index in [1.807, 2.05) is 0 Å². The van der Waals surface area contributed by atoms with Crippen molar-refractivity contribution in [3.8, 4) is 11.5 Å². The third-order valence-corrected chi connectivity index (χ3v) is 1.67. The van der Waals surface area contributed by atoms with Crippen molar-refractivity contribution in [3.63, 3.8) is 0 Å². The second-order valence-electron chi connectivity index (χ2n) is 2.59. The van der Waals surface area contributed by atoms with Crippen LogP contribution in [0.15, 0.2) is 18.2 Å². The second kappa shape index (κ2) is 4.44. The molecule has 0 aliphatic carbocycles. The molecule has 0 saturated heterocycles. The quantitative estimate of drug-likeness (QED) is 0.785. The molecule has 0 saturated carbocycles. The topological polar surface area (TPSA) is 38.7 Å². The monoisotopic (exact) mass is 219 g/mol. The average Bonchev–Trinajstić information content (AvgIpc) is 2.17. The molecule has 0 spiro atoms. The number of rotatable bonds is 3. The highest BCUT2D eigenvalue weighted by Crippen LogP contribution is 2.35. The number of methoxy groups -OCH3 is 1. The standard InChI is InChI=1S/C8H7BF3O3/c1-14-7-4-5(8(10,11)12)2-3-6(7)15-9-13/h2-4,13H,1H3. The molecule has 1 N–H and O–H groups in total. The van der Waals surface area contributed by atoms with Crippen LogP contribution < -0.4 is 9.39 Å². The summed E-state index contributed by atoms with van der Waals surface area (Å²) in [6.07, 6.45) is -4.44. The minimum atomic E-state index is -4.44. The zero-order chi connectivity index (χ0) is 11.5. The smallest absolute Gasteiger partial charge is 0.535 e. The molecule has 81 valence electrons. The van der Waals surface area contributed by atoms with Crippen molar-refractivity contribution >= 4 is 7.69 Å². The van der Waals surface area contributed by atoms with E-state index < -0.39 is 11.7 Å². The van der Waals surface area contributed by atoms with Crippen LogP contribution in [-0.2, 0) is 6.18 Å². The predicted molar refractivity (Wildman–Crippen MR) is 46.6 cm³/mol. The Morgan fingerprint density at radius 1 is 1.27 bits per heavy atom. The van der Waals surface area contributed by atoms with Crippen LogP contribution in [0.1, 0.15) is 5.56 Å². The molecule has 0 bridgehead atoms. The molecule has 3 nitrogen and oxygen atoms in total. The minimum absolute atomic E-state index is 0.00741. The maximum Gasteiger partial charge on any atom is 0.569 e. The van der Waals surface area contributed by atoms with Crippen molar-refractivity contribution in [2.75, 3.05) is 7.11 Å². The third kappa shape index (κ3) is 2.79. The summed E-state index contributed by atoms with van der Waals surface area (Å²) in [5, 5.41) is 8.34. The molecule has 0 unspecified atom stereocenters. The van der Waals surface area contributed by atoms with Crippen LogP contribution in [0.2, 0.25) is 0 Å². The first kappa shape index (κ1) is 11.7. The third-order valence-electron chi connectivity index (χ3n) is 1.67. The Balaban J connectivity index is 3.08. The van der Waals surface area contributed by atoms with Crippen LogP contribution >= 0.6 is 0 Å². The number of ether oxygens (including phenoxy) is 1. The summed E-state index contributed by atoms with van der Waals surface area (Å²) in [6, 6.07) is 2.69. The van der Waals surface area contributed by atoms with E-state index >= 15 is 0 Å². The Labute approximate surface area is 84.7 Å². The molecule has 0 fully saturated rings. The molecule has 1 aromatic rings. The molecule has 1 aromatic carbocycles. The van der Waals surface area contributed by atoms with Crippen LogP contribution in [0.25, 0.3) is 0 Å². The fourth-order valence-corrected chi connectivity index (χ4v) is 0.998. The van der Waals surface area contributed by atoms with Gasteiger partial charge in [0, 0.05) is 0 Å². The van der Waals surface area contributed by atoms with Crippen LogP contribution in [-0.4, -0.2) is 19.8 Å². The van der Waals surface area contributed by atoms with Gasteiger partial charge < -0.3 is 14.4 Å². The summed E-state index contributed by atoms with van der Waals surface area (Å²) in [7, 11) is 1.57. The van der Waals surface area contributed by atoms with E-state index in [0.717, 1.165) is 18.2 Å². The van der Waals surface area contributed by atoms with Crippen LogP contribution in [0.4, 0.5) is 13.2 Å². The van der Waals surface area contributed by atoms with Gasteiger partial charge in [0.25, 0.3) is 0 Å². The molecule has 0 atom stereocenters. The Hall–Kier alpha value is -1.37. The SMILES string of the molecule is COc1cc(C(F)(F)F)ccc1O[B]O. The number of benzene rings is 1. The summed E-state index contributed by atoms with van der Waals surface area (Å²) < 4.78 is 46.0. The zero-order valence-electron chi connectivity index (χ0n) is 7.71. The Bertz CT molecular complexity index is 340. The predicted octanol–water partition coefficient (Wildman–Crippen LogP) is 1.62. The first-order valence-corrected chi connectivity index (χ1v) is 3.87. The van der Waals surface area contributed by atoms with E-state index in [1.165, 1.54) is 7.11 Å². The number of halogens is 3. The van der Waals surface area contributed by atoms with E-state index in [1.54, 1.807) is 0 Å². The number of hydrogen-bond donors (Lipinski definition) is 1. The first-order valence-electron chi connectivity index (χ1n) is 3.87. The zero-order valence-corrected chi connectivity index (χ0v) is 7.71. The fourth-order valence-electron chi connectivity index (χ4n) is 0.998. The second-order valence-corrected chi connectivity index (χ2v) is 2.59. The lowest BCUT2D eigenvalue weighted by molar-refractivity contribution is -0.137. The summed E-state index contributed by atoms with van der Waals surface area (Å²) in [6.45, 7) is 0. The molecule has 1 rings (SSSR count). The maximum absolute atomic E-state index is 12.3. The highest BCUT2D eigenvalue weighted by atomic mass is 19.4. The Morgan fingerprint density at radius 3 is 2.40 bits per heavy atom. The van der Waals surface area contributed by atoms with Crippen LogP contribution in [0.3, 0.4) is 0 Å². The largest absolute Gasteiger partial charge is 0.569 e. The van der Waals surface area contributed by atoms with E-state index in [2.05, 4.69) is 9.39 Å². The van der Waals surface area contributed by atoms with Gasteiger partial charge in [-0.3, -0.25) is 0 Å². The Kier molecular flexibility index (Phi) is 3.46. The van der Waals surface area contributed by atoms with Crippen molar-refractivity contribution in [2.45, 2.75) is 6.18 Å². The van der Waals surface area contributed by atoms with Gasteiger partial charge in [-0.05, 0) is 18.2 Å². The molecule has 0 heterocycles. The van der Waals surface area contributed by atoms with Gasteiger partial charge in [-0.15, -0.1) is 0 Å². The lowest BCUT2D eigenvalue weighted by Crippen LogP contribution is -2.07. The van der Waals surface area contributed by atoms with E-state index in [9.17, 15) is 13.2 Å². The number of alkyl halides is 3. The summed E-state index contributed by atoms with van der Waals surface area (Å²) in [4.78, 5) is 0. The Morgan fingerprint density at radius 2 is 1.93 bits per heavy atom. The molecule has 0 aromatic heterocycles.